The van der Waals surface area contributed by atoms with Crippen molar-refractivity contribution in [1.82, 2.24) is 24.8 Å². The topological polar surface area (TPSA) is 194 Å². The molecule has 7 atom stereocenters. The number of methoxy groups -OCH3 is 2. The Labute approximate surface area is 361 Å². The van der Waals surface area contributed by atoms with Crippen molar-refractivity contribution in [2.75, 3.05) is 20.8 Å². The second-order valence-electron chi connectivity index (χ2n) is 18.3. The molecule has 7 rings (SSSR count). The molecule has 2 aliphatic carbocycles. The van der Waals surface area contributed by atoms with Crippen LogP contribution in [0.1, 0.15) is 79.6 Å². The van der Waals surface area contributed by atoms with Crippen LogP contribution in [0.5, 0.6) is 17.4 Å². The molecule has 0 spiro atoms. The SMILES string of the molecule is COc1ccc2c(O[C@@H]3C[C@H]4C(=O)N[C@]5(C(=O)NS(=O)(=O)C6CC6)C[C@H]5/C=C\CC[C@@H](C)C[C@@H](C)[C@H](N(C(=O)O)C(C)(C)C)C(=O)N4C3)nc(-c3ccc(OC)c(F)c3)cc2c1. The van der Waals surface area contributed by atoms with Gasteiger partial charge in [-0.05, 0) is 119 Å². The molecule has 0 unspecified atom stereocenters. The first-order valence-electron chi connectivity index (χ1n) is 21.1. The van der Waals surface area contributed by atoms with Crippen molar-refractivity contribution in [3.8, 4) is 28.6 Å². The highest BCUT2D eigenvalue weighted by molar-refractivity contribution is 7.91. The summed E-state index contributed by atoms with van der Waals surface area (Å²) in [5, 5.41) is 14.1. The maximum absolute atomic E-state index is 15.2. The number of allylic oxidation sites excluding steroid dienone is 1. The summed E-state index contributed by atoms with van der Waals surface area (Å²) in [5.41, 5.74) is -1.84. The van der Waals surface area contributed by atoms with Crippen molar-refractivity contribution in [1.29, 1.82) is 0 Å². The molecule has 2 aliphatic heterocycles. The number of carbonyl (C=O) groups excluding carboxylic acids is 3. The smallest absolute Gasteiger partial charge is 0.408 e. The van der Waals surface area contributed by atoms with Crippen LogP contribution in [0.2, 0.25) is 0 Å². The van der Waals surface area contributed by atoms with Crippen molar-refractivity contribution in [2.24, 2.45) is 17.8 Å². The summed E-state index contributed by atoms with van der Waals surface area (Å²) in [6.45, 7) is 8.86. The number of hydrogen-bond acceptors (Lipinski definition) is 10. The van der Waals surface area contributed by atoms with Crippen LogP contribution >= 0.6 is 0 Å². The Hall–Kier alpha value is -5.45. The molecule has 1 aromatic heterocycles. The van der Waals surface area contributed by atoms with E-state index in [0.717, 1.165) is 4.90 Å². The Morgan fingerprint density at radius 2 is 1.77 bits per heavy atom. The molecule has 3 N–H and O–H groups in total. The van der Waals surface area contributed by atoms with Gasteiger partial charge in [-0.2, -0.15) is 0 Å². The molecule has 0 radical (unpaired) electrons. The number of ether oxygens (including phenoxy) is 3. The third kappa shape index (κ3) is 9.04. The van der Waals surface area contributed by atoms with E-state index < -0.39 is 86.0 Å². The first-order valence-corrected chi connectivity index (χ1v) is 22.7. The zero-order chi connectivity index (χ0) is 44.9. The van der Waals surface area contributed by atoms with Gasteiger partial charge in [0, 0.05) is 28.8 Å². The molecule has 1 saturated heterocycles. The molecular weight excluding hydrogens is 822 g/mol. The number of fused-ring (bicyclic) bond motifs is 3. The summed E-state index contributed by atoms with van der Waals surface area (Å²) in [5.74, 6) is -2.95. The van der Waals surface area contributed by atoms with Gasteiger partial charge in [0.05, 0.1) is 31.7 Å². The second kappa shape index (κ2) is 17.0. The minimum absolute atomic E-state index is 0.0530. The van der Waals surface area contributed by atoms with Gasteiger partial charge in [0.15, 0.2) is 11.6 Å². The minimum Gasteiger partial charge on any atom is -0.497 e. The van der Waals surface area contributed by atoms with Gasteiger partial charge in [-0.25, -0.2) is 22.6 Å². The van der Waals surface area contributed by atoms with E-state index in [1.165, 1.54) is 31.3 Å². The predicted molar refractivity (Wildman–Crippen MR) is 229 cm³/mol. The summed E-state index contributed by atoms with van der Waals surface area (Å²) in [6.07, 6.45) is 4.34. The van der Waals surface area contributed by atoms with Crippen LogP contribution in [0.4, 0.5) is 9.18 Å². The number of sulfonamides is 1. The molecule has 2 aromatic carbocycles. The maximum Gasteiger partial charge on any atom is 0.408 e. The molecule has 4 aliphatic rings. The van der Waals surface area contributed by atoms with Crippen LogP contribution in [0.3, 0.4) is 0 Å². The average molecular weight is 878 g/mol. The number of benzene rings is 2. The van der Waals surface area contributed by atoms with E-state index in [1.54, 1.807) is 51.1 Å². The van der Waals surface area contributed by atoms with Crippen LogP contribution in [-0.4, -0.2) is 107 Å². The monoisotopic (exact) mass is 877 g/mol. The molecule has 2 saturated carbocycles. The number of halogens is 1. The number of carbonyl (C=O) groups is 4. The zero-order valence-electron chi connectivity index (χ0n) is 36.1. The highest BCUT2D eigenvalue weighted by atomic mass is 32.2. The minimum atomic E-state index is -3.97. The van der Waals surface area contributed by atoms with Crippen molar-refractivity contribution < 1.29 is 51.3 Å². The van der Waals surface area contributed by atoms with Crippen LogP contribution < -0.4 is 24.2 Å². The number of rotatable bonds is 9. The van der Waals surface area contributed by atoms with E-state index in [4.69, 9.17) is 19.2 Å². The number of carboxylic acid groups (broad SMARTS) is 1. The van der Waals surface area contributed by atoms with Crippen LogP contribution in [-0.2, 0) is 24.4 Å². The number of nitrogens with zero attached hydrogens (tertiary/aromatic N) is 3. The highest BCUT2D eigenvalue weighted by Gasteiger charge is 2.62. The molecular formula is C45H56FN5O10S. The first-order chi connectivity index (χ1) is 29.3. The Bertz CT molecular complexity index is 2400. The lowest BCUT2D eigenvalue weighted by atomic mass is 9.85. The van der Waals surface area contributed by atoms with Crippen molar-refractivity contribution in [2.45, 2.75) is 114 Å². The molecule has 62 heavy (non-hydrogen) atoms. The highest BCUT2D eigenvalue weighted by Crippen LogP contribution is 2.46. The lowest BCUT2D eigenvalue weighted by molar-refractivity contribution is -0.146. The van der Waals surface area contributed by atoms with Gasteiger partial charge in [0.2, 0.25) is 27.7 Å². The van der Waals surface area contributed by atoms with Gasteiger partial charge in [0.1, 0.15) is 29.5 Å². The summed E-state index contributed by atoms with van der Waals surface area (Å²) >= 11 is 0. The van der Waals surface area contributed by atoms with Crippen molar-refractivity contribution in [3.05, 3.63) is 60.4 Å². The first kappa shape index (κ1) is 44.6. The van der Waals surface area contributed by atoms with Gasteiger partial charge >= 0.3 is 6.09 Å². The molecule has 3 heterocycles. The zero-order valence-corrected chi connectivity index (χ0v) is 37.0. The second-order valence-corrected chi connectivity index (χ2v) is 20.2. The normalized spacial score (nSPS) is 27.5. The molecule has 3 fully saturated rings. The fraction of sp³-hybridized carbons (Fsp3) is 0.533. The van der Waals surface area contributed by atoms with Gasteiger partial charge in [-0.15, -0.1) is 0 Å². The van der Waals surface area contributed by atoms with E-state index in [1.807, 2.05) is 26.0 Å². The van der Waals surface area contributed by atoms with E-state index in [0.29, 0.717) is 59.9 Å². The Morgan fingerprint density at radius 3 is 2.42 bits per heavy atom. The van der Waals surface area contributed by atoms with Gasteiger partial charge in [0.25, 0.3) is 5.91 Å². The van der Waals surface area contributed by atoms with E-state index in [2.05, 4.69) is 10.0 Å². The van der Waals surface area contributed by atoms with E-state index in [9.17, 15) is 32.3 Å². The molecule has 4 amide bonds. The predicted octanol–water partition coefficient (Wildman–Crippen LogP) is 6.05. The van der Waals surface area contributed by atoms with Gasteiger partial charge in [-0.1, -0.05) is 26.0 Å². The van der Waals surface area contributed by atoms with Crippen LogP contribution in [0.15, 0.2) is 54.6 Å². The Balaban J connectivity index is 1.30. The fourth-order valence-corrected chi connectivity index (χ4v) is 10.4. The number of pyridine rings is 1. The summed E-state index contributed by atoms with van der Waals surface area (Å²) in [6, 6.07) is 8.98. The van der Waals surface area contributed by atoms with Crippen molar-refractivity contribution in [3.63, 3.8) is 0 Å². The quantitative estimate of drug-likeness (QED) is 0.212. The van der Waals surface area contributed by atoms with Crippen molar-refractivity contribution >= 4 is 44.6 Å². The largest absolute Gasteiger partial charge is 0.497 e. The Kier molecular flexibility index (Phi) is 12.2. The van der Waals surface area contributed by atoms with Gasteiger partial charge < -0.3 is 29.5 Å². The molecule has 15 nitrogen and oxygen atoms in total. The summed E-state index contributed by atoms with van der Waals surface area (Å²) < 4.78 is 60.5. The van der Waals surface area contributed by atoms with Gasteiger partial charge in [-0.3, -0.25) is 24.0 Å². The lowest BCUT2D eigenvalue weighted by Gasteiger charge is -2.43. The molecule has 0 bridgehead atoms. The Morgan fingerprint density at radius 1 is 1.03 bits per heavy atom. The maximum atomic E-state index is 15.2. The summed E-state index contributed by atoms with van der Waals surface area (Å²) in [4.78, 5) is 64.4. The third-order valence-electron chi connectivity index (χ3n) is 12.5. The lowest BCUT2D eigenvalue weighted by Crippen LogP contribution is -2.62. The molecule has 17 heteroatoms. The number of hydrogen-bond donors (Lipinski definition) is 3. The van der Waals surface area contributed by atoms with E-state index in [-0.39, 0.29) is 36.9 Å². The average Bonchev–Trinajstić information content (AvgIpc) is 4.14. The number of aromatic nitrogens is 1. The molecule has 3 aromatic rings. The number of amides is 4. The van der Waals surface area contributed by atoms with Crippen LogP contribution in [0, 0.1) is 23.6 Å². The van der Waals surface area contributed by atoms with E-state index >= 15 is 4.79 Å². The standard InChI is InChI=1S/C45H56FN5O10S/c1-25-10-8-9-11-29-23-45(29,42(54)49-62(57,58)32-14-15-32)48-39(52)36-22-31(24-50(36)41(53)38(26(2)18-25)51(43(55)56)44(3,4)5)61-40-33-16-13-30(59-6)19-28(33)21-35(47-40)27-12-17-37(60-7)34(46)20-27/h9,11-13,16-17,19-21,25-26,29,31-32,36,38H,8,10,14-15,18,22-24H2,1-7H3,(H,48,52)(H,49,54)(H,55,56)/b11-9-/t25-,26-,29-,31-,36+,38+,45-/m1/s1. The number of nitrogens with one attached hydrogen (secondary N) is 2. The molecule has 334 valence electrons. The van der Waals surface area contributed by atoms with Crippen LogP contribution in [0.25, 0.3) is 22.0 Å². The summed E-state index contributed by atoms with van der Waals surface area (Å²) in [7, 11) is -1.07. The fourth-order valence-electron chi connectivity index (χ4n) is 9.02. The third-order valence-corrected chi connectivity index (χ3v) is 14.3.